The van der Waals surface area contributed by atoms with Gasteiger partial charge in [0.25, 0.3) is 0 Å². The number of rotatable bonds is 7. The Labute approximate surface area is 186 Å². The second-order valence-corrected chi connectivity index (χ2v) is 9.01. The Bertz CT molecular complexity index is 977. The quantitative estimate of drug-likeness (QED) is 0.586. The predicted octanol–water partition coefficient (Wildman–Crippen LogP) is 5.77. The molecule has 0 bridgehead atoms. The Morgan fingerprint density at radius 1 is 1.12 bits per heavy atom. The van der Waals surface area contributed by atoms with Gasteiger partial charge in [0.2, 0.25) is 0 Å². The highest BCUT2D eigenvalue weighted by Crippen LogP contribution is 2.42. The molecule has 0 spiro atoms. The topological polar surface area (TPSA) is 49.8 Å². The first-order valence-electron chi connectivity index (χ1n) is 11.1. The molecule has 4 rings (SSSR count). The molecular weight excluding hydrogens is 419 g/mol. The Morgan fingerprint density at radius 3 is 2.47 bits per heavy atom. The minimum Gasteiger partial charge on any atom is -0.489 e. The molecule has 7 heteroatoms. The summed E-state index contributed by atoms with van der Waals surface area (Å²) in [7, 11) is 0. The van der Waals surface area contributed by atoms with Crippen molar-refractivity contribution in [3.05, 3.63) is 64.2 Å². The molecule has 0 aromatic heterocycles. The van der Waals surface area contributed by atoms with Crippen LogP contribution in [0.4, 0.5) is 13.2 Å². The molecule has 1 aliphatic heterocycles. The Morgan fingerprint density at radius 2 is 1.84 bits per heavy atom. The van der Waals surface area contributed by atoms with Crippen molar-refractivity contribution >= 4 is 5.97 Å². The molecule has 172 valence electrons. The third-order valence-electron chi connectivity index (χ3n) is 6.64. The number of benzene rings is 2. The fraction of sp³-hybridized carbons (Fsp3) is 0.480. The summed E-state index contributed by atoms with van der Waals surface area (Å²) in [6.45, 7) is 3.79. The molecule has 1 saturated carbocycles. The predicted molar refractivity (Wildman–Crippen MR) is 115 cm³/mol. The molecule has 0 radical (unpaired) electrons. The highest BCUT2D eigenvalue weighted by Gasteiger charge is 2.36. The molecular formula is C25H28F3NO3. The van der Waals surface area contributed by atoms with Gasteiger partial charge in [-0.2, -0.15) is 13.2 Å². The number of hydrogen-bond acceptors (Lipinski definition) is 3. The summed E-state index contributed by atoms with van der Waals surface area (Å²) >= 11 is 0. The van der Waals surface area contributed by atoms with Crippen molar-refractivity contribution in [2.24, 2.45) is 5.92 Å². The van der Waals surface area contributed by atoms with E-state index in [4.69, 9.17) is 9.84 Å². The smallest absolute Gasteiger partial charge is 0.416 e. The molecule has 1 N–H and O–H groups in total. The number of carbonyl (C=O) groups is 1. The zero-order valence-corrected chi connectivity index (χ0v) is 18.1. The van der Waals surface area contributed by atoms with Crippen LogP contribution in [0.3, 0.4) is 0 Å². The van der Waals surface area contributed by atoms with Gasteiger partial charge in [0, 0.05) is 19.6 Å². The van der Waals surface area contributed by atoms with E-state index in [9.17, 15) is 18.0 Å². The number of likely N-dealkylation sites (tertiary alicyclic amines) is 1. The van der Waals surface area contributed by atoms with Gasteiger partial charge in [0.15, 0.2) is 0 Å². The van der Waals surface area contributed by atoms with Gasteiger partial charge in [-0.15, -0.1) is 0 Å². The maximum absolute atomic E-state index is 13.7. The van der Waals surface area contributed by atoms with Crippen molar-refractivity contribution in [2.45, 2.75) is 57.9 Å². The molecule has 2 aromatic rings. The SMILES string of the molecule is Cc1cc(OCc2ccc(C3CCCC3)c(C(F)(F)F)c2)ccc1CN1CC(C(=O)O)C1. The third kappa shape index (κ3) is 5.09. The van der Waals surface area contributed by atoms with Crippen LogP contribution in [-0.4, -0.2) is 29.1 Å². The van der Waals surface area contributed by atoms with Crippen molar-refractivity contribution in [2.75, 3.05) is 13.1 Å². The van der Waals surface area contributed by atoms with Crippen molar-refractivity contribution in [1.82, 2.24) is 4.90 Å². The van der Waals surface area contributed by atoms with Crippen molar-refractivity contribution in [3.63, 3.8) is 0 Å². The molecule has 2 fully saturated rings. The van der Waals surface area contributed by atoms with Crippen LogP contribution in [0.15, 0.2) is 36.4 Å². The van der Waals surface area contributed by atoms with E-state index in [2.05, 4.69) is 4.90 Å². The molecule has 2 aromatic carbocycles. The number of carboxylic acid groups (broad SMARTS) is 1. The van der Waals surface area contributed by atoms with E-state index in [-0.39, 0.29) is 18.4 Å². The van der Waals surface area contributed by atoms with Gasteiger partial charge in [-0.25, -0.2) is 0 Å². The number of aryl methyl sites for hydroxylation is 1. The lowest BCUT2D eigenvalue weighted by molar-refractivity contribution is -0.147. The normalized spacial score (nSPS) is 18.0. The highest BCUT2D eigenvalue weighted by atomic mass is 19.4. The Kier molecular flexibility index (Phi) is 6.47. The second-order valence-electron chi connectivity index (χ2n) is 9.01. The summed E-state index contributed by atoms with van der Waals surface area (Å²) in [6.07, 6.45) is -0.763. The van der Waals surface area contributed by atoms with Crippen LogP contribution < -0.4 is 4.74 Å². The van der Waals surface area contributed by atoms with Gasteiger partial charge >= 0.3 is 12.1 Å². The number of ether oxygens (including phenoxy) is 1. The summed E-state index contributed by atoms with van der Waals surface area (Å²) in [6, 6.07) is 10.2. The number of nitrogens with zero attached hydrogens (tertiary/aromatic N) is 1. The first-order valence-corrected chi connectivity index (χ1v) is 11.1. The molecule has 0 unspecified atom stereocenters. The van der Waals surface area contributed by atoms with Crippen LogP contribution >= 0.6 is 0 Å². The van der Waals surface area contributed by atoms with Gasteiger partial charge in [-0.05, 0) is 66.1 Å². The second kappa shape index (κ2) is 9.14. The van der Waals surface area contributed by atoms with Gasteiger partial charge in [0.1, 0.15) is 12.4 Å². The first-order chi connectivity index (χ1) is 15.2. The van der Waals surface area contributed by atoms with Gasteiger partial charge < -0.3 is 9.84 Å². The van der Waals surface area contributed by atoms with Crippen LogP contribution in [0.2, 0.25) is 0 Å². The van der Waals surface area contributed by atoms with E-state index in [1.165, 1.54) is 6.07 Å². The molecule has 0 amide bonds. The van der Waals surface area contributed by atoms with Crippen LogP contribution in [0.5, 0.6) is 5.75 Å². The average Bonchev–Trinajstić information content (AvgIpc) is 3.23. The average molecular weight is 447 g/mol. The molecule has 32 heavy (non-hydrogen) atoms. The van der Waals surface area contributed by atoms with Crippen molar-refractivity contribution in [3.8, 4) is 5.75 Å². The summed E-state index contributed by atoms with van der Waals surface area (Å²) in [5.41, 5.74) is 2.47. The molecule has 4 nitrogen and oxygen atoms in total. The Balaban J connectivity index is 1.40. The maximum Gasteiger partial charge on any atom is 0.416 e. The number of hydrogen-bond donors (Lipinski definition) is 1. The number of carboxylic acids is 1. The lowest BCUT2D eigenvalue weighted by atomic mass is 9.91. The fourth-order valence-corrected chi connectivity index (χ4v) is 4.73. The highest BCUT2D eigenvalue weighted by molar-refractivity contribution is 5.71. The van der Waals surface area contributed by atoms with E-state index < -0.39 is 17.7 Å². The van der Waals surface area contributed by atoms with Crippen molar-refractivity contribution in [1.29, 1.82) is 0 Å². The van der Waals surface area contributed by atoms with Crippen LogP contribution in [0.1, 0.15) is 59.4 Å². The minimum atomic E-state index is -4.37. The molecule has 0 atom stereocenters. The molecule has 1 heterocycles. The summed E-state index contributed by atoms with van der Waals surface area (Å²) in [5, 5.41) is 8.99. The Hall–Kier alpha value is -2.54. The standard InChI is InChI=1S/C25H28F3NO3/c1-16-10-21(8-7-19(16)12-29-13-20(14-29)24(30)31)32-15-17-6-9-22(18-4-2-3-5-18)23(11-17)25(26,27)28/h6-11,18,20H,2-5,12-15H2,1H3,(H,30,31). The van der Waals surface area contributed by atoms with E-state index in [0.717, 1.165) is 36.8 Å². The zero-order valence-electron chi connectivity index (χ0n) is 18.1. The fourth-order valence-electron chi connectivity index (χ4n) is 4.73. The third-order valence-corrected chi connectivity index (χ3v) is 6.64. The maximum atomic E-state index is 13.7. The number of aliphatic carboxylic acids is 1. The van der Waals surface area contributed by atoms with E-state index in [0.29, 0.717) is 36.5 Å². The summed E-state index contributed by atoms with van der Waals surface area (Å²) < 4.78 is 46.8. The van der Waals surface area contributed by atoms with Gasteiger partial charge in [-0.1, -0.05) is 31.0 Å². The molecule has 1 aliphatic carbocycles. The van der Waals surface area contributed by atoms with E-state index in [1.54, 1.807) is 12.1 Å². The van der Waals surface area contributed by atoms with E-state index >= 15 is 0 Å². The number of alkyl halides is 3. The van der Waals surface area contributed by atoms with Gasteiger partial charge in [0.05, 0.1) is 11.5 Å². The largest absolute Gasteiger partial charge is 0.489 e. The molecule has 2 aliphatic rings. The van der Waals surface area contributed by atoms with Crippen LogP contribution in [0, 0.1) is 12.8 Å². The monoisotopic (exact) mass is 447 g/mol. The minimum absolute atomic E-state index is 0.00558. The lowest BCUT2D eigenvalue weighted by Gasteiger charge is -2.36. The number of halogens is 3. The van der Waals surface area contributed by atoms with Crippen LogP contribution in [0.25, 0.3) is 0 Å². The van der Waals surface area contributed by atoms with E-state index in [1.807, 2.05) is 25.1 Å². The summed E-state index contributed by atoms with van der Waals surface area (Å²) in [5.74, 6) is -0.452. The van der Waals surface area contributed by atoms with Gasteiger partial charge in [-0.3, -0.25) is 9.69 Å². The van der Waals surface area contributed by atoms with Crippen molar-refractivity contribution < 1.29 is 27.8 Å². The summed E-state index contributed by atoms with van der Waals surface area (Å²) in [4.78, 5) is 13.0. The van der Waals surface area contributed by atoms with Crippen LogP contribution in [-0.2, 0) is 24.1 Å². The lowest BCUT2D eigenvalue weighted by Crippen LogP contribution is -2.49. The first kappa shape index (κ1) is 22.6. The zero-order chi connectivity index (χ0) is 22.9. The molecule has 1 saturated heterocycles.